The summed E-state index contributed by atoms with van der Waals surface area (Å²) in [5, 5.41) is 11.0. The van der Waals surface area contributed by atoms with E-state index in [4.69, 9.17) is 4.42 Å². The van der Waals surface area contributed by atoms with E-state index in [1.807, 2.05) is 26.8 Å². The van der Waals surface area contributed by atoms with E-state index in [-0.39, 0.29) is 11.8 Å². The van der Waals surface area contributed by atoms with Crippen LogP contribution in [0.4, 0.5) is 5.69 Å². The summed E-state index contributed by atoms with van der Waals surface area (Å²) >= 11 is 1.50. The molecule has 0 spiro atoms. The molecule has 6 nitrogen and oxygen atoms in total. The summed E-state index contributed by atoms with van der Waals surface area (Å²) in [5.41, 5.74) is 1.25. The van der Waals surface area contributed by atoms with Gasteiger partial charge in [-0.25, -0.2) is 0 Å². The zero-order chi connectivity index (χ0) is 16.4. The Labute approximate surface area is 137 Å². The Hall–Kier alpha value is -2.54. The van der Waals surface area contributed by atoms with Gasteiger partial charge in [0.15, 0.2) is 0 Å². The van der Waals surface area contributed by atoms with Crippen molar-refractivity contribution in [2.24, 2.45) is 0 Å². The van der Waals surface area contributed by atoms with Crippen LogP contribution in [0.25, 0.3) is 10.8 Å². The number of carbonyl (C=O) groups excluding carboxylic acids is 1. The molecule has 0 fully saturated rings. The number of nitrogens with one attached hydrogen (secondary N) is 1. The topological polar surface area (TPSA) is 80.9 Å². The molecule has 0 bridgehead atoms. The standard InChI is InChI=1S/C16H16N4O2S/c1-9(2)15-19-20-16(22-15)13-7-12(10(3)23-13)18-14(21)11-5-4-6-17-8-11/h4-9H,1-3H3,(H,18,21). The van der Waals surface area contributed by atoms with Crippen molar-refractivity contribution in [1.82, 2.24) is 15.2 Å². The molecule has 3 aromatic heterocycles. The van der Waals surface area contributed by atoms with Crippen LogP contribution in [0.15, 0.2) is 35.0 Å². The van der Waals surface area contributed by atoms with Crippen molar-refractivity contribution in [2.45, 2.75) is 26.7 Å². The highest BCUT2D eigenvalue weighted by atomic mass is 32.1. The molecule has 0 aliphatic rings. The van der Waals surface area contributed by atoms with Crippen LogP contribution in [0.1, 0.15) is 40.9 Å². The highest BCUT2D eigenvalue weighted by molar-refractivity contribution is 7.15. The monoisotopic (exact) mass is 328 g/mol. The molecule has 118 valence electrons. The summed E-state index contributed by atoms with van der Waals surface area (Å²) in [6.45, 7) is 5.93. The Balaban J connectivity index is 1.82. The van der Waals surface area contributed by atoms with Gasteiger partial charge in [0.25, 0.3) is 11.8 Å². The van der Waals surface area contributed by atoms with Crippen molar-refractivity contribution < 1.29 is 9.21 Å². The molecule has 0 saturated carbocycles. The maximum Gasteiger partial charge on any atom is 0.257 e. The van der Waals surface area contributed by atoms with Crippen molar-refractivity contribution in [3.63, 3.8) is 0 Å². The Morgan fingerprint density at radius 2 is 2.17 bits per heavy atom. The van der Waals surface area contributed by atoms with Gasteiger partial charge in [-0.3, -0.25) is 9.78 Å². The zero-order valence-electron chi connectivity index (χ0n) is 13.0. The molecule has 0 radical (unpaired) electrons. The molecule has 1 N–H and O–H groups in total. The number of rotatable bonds is 4. The van der Waals surface area contributed by atoms with E-state index in [2.05, 4.69) is 20.5 Å². The first-order chi connectivity index (χ1) is 11.0. The lowest BCUT2D eigenvalue weighted by Crippen LogP contribution is -2.11. The normalized spacial score (nSPS) is 11.0. The second kappa shape index (κ2) is 6.29. The van der Waals surface area contributed by atoms with Gasteiger partial charge in [-0.1, -0.05) is 13.8 Å². The van der Waals surface area contributed by atoms with Gasteiger partial charge in [-0.05, 0) is 25.1 Å². The third kappa shape index (κ3) is 3.29. The average molecular weight is 328 g/mol. The largest absolute Gasteiger partial charge is 0.420 e. The molecule has 0 aliphatic heterocycles. The lowest BCUT2D eigenvalue weighted by Gasteiger charge is -2.03. The molecule has 23 heavy (non-hydrogen) atoms. The minimum atomic E-state index is -0.195. The molecule has 1 amide bonds. The minimum Gasteiger partial charge on any atom is -0.420 e. The Kier molecular flexibility index (Phi) is 4.20. The molecule has 0 unspecified atom stereocenters. The average Bonchev–Trinajstić information content (AvgIpc) is 3.16. The first-order valence-electron chi connectivity index (χ1n) is 7.20. The highest BCUT2D eigenvalue weighted by Gasteiger charge is 2.16. The second-order valence-corrected chi connectivity index (χ2v) is 6.63. The van der Waals surface area contributed by atoms with Gasteiger partial charge in [0.1, 0.15) is 0 Å². The minimum absolute atomic E-state index is 0.182. The van der Waals surface area contributed by atoms with Crippen molar-refractivity contribution in [2.75, 3.05) is 5.32 Å². The molecule has 0 saturated heterocycles. The maximum absolute atomic E-state index is 12.2. The molecule has 3 heterocycles. The zero-order valence-corrected chi connectivity index (χ0v) is 13.8. The summed E-state index contributed by atoms with van der Waals surface area (Å²) in [4.78, 5) is 18.0. The molecule has 0 aromatic carbocycles. The molecule has 3 rings (SSSR count). The van der Waals surface area contributed by atoms with Crippen LogP contribution in [0.5, 0.6) is 0 Å². The smallest absolute Gasteiger partial charge is 0.257 e. The van der Waals surface area contributed by atoms with Crippen LogP contribution in [0.2, 0.25) is 0 Å². The molecule has 7 heteroatoms. The van der Waals surface area contributed by atoms with Crippen LogP contribution in [-0.2, 0) is 0 Å². The number of aryl methyl sites for hydroxylation is 1. The lowest BCUT2D eigenvalue weighted by molar-refractivity contribution is 0.102. The SMILES string of the molecule is Cc1sc(-c2nnc(C(C)C)o2)cc1NC(=O)c1cccnc1. The van der Waals surface area contributed by atoms with Gasteiger partial charge in [-0.15, -0.1) is 21.5 Å². The molecular formula is C16H16N4O2S. The number of aromatic nitrogens is 3. The van der Waals surface area contributed by atoms with Crippen LogP contribution < -0.4 is 5.32 Å². The van der Waals surface area contributed by atoms with Crippen molar-refractivity contribution in [1.29, 1.82) is 0 Å². The van der Waals surface area contributed by atoms with Gasteiger partial charge in [0.2, 0.25) is 5.89 Å². The van der Waals surface area contributed by atoms with E-state index < -0.39 is 0 Å². The van der Waals surface area contributed by atoms with Gasteiger partial charge in [0, 0.05) is 23.2 Å². The number of carbonyl (C=O) groups is 1. The van der Waals surface area contributed by atoms with Crippen LogP contribution >= 0.6 is 11.3 Å². The summed E-state index contributed by atoms with van der Waals surface area (Å²) in [5.74, 6) is 1.07. The first-order valence-corrected chi connectivity index (χ1v) is 8.02. The Morgan fingerprint density at radius 3 is 2.83 bits per heavy atom. The van der Waals surface area contributed by atoms with E-state index in [9.17, 15) is 4.79 Å². The van der Waals surface area contributed by atoms with Gasteiger partial charge in [-0.2, -0.15) is 0 Å². The number of nitrogens with zero attached hydrogens (tertiary/aromatic N) is 3. The number of pyridine rings is 1. The fourth-order valence-electron chi connectivity index (χ4n) is 1.97. The third-order valence-corrected chi connectivity index (χ3v) is 4.27. The van der Waals surface area contributed by atoms with Gasteiger partial charge >= 0.3 is 0 Å². The third-order valence-electron chi connectivity index (χ3n) is 3.24. The van der Waals surface area contributed by atoms with Crippen molar-refractivity contribution in [3.8, 4) is 10.8 Å². The van der Waals surface area contributed by atoms with Crippen molar-refractivity contribution in [3.05, 3.63) is 46.9 Å². The van der Waals surface area contributed by atoms with Gasteiger partial charge < -0.3 is 9.73 Å². The second-order valence-electron chi connectivity index (χ2n) is 5.38. The van der Waals surface area contributed by atoms with E-state index in [1.54, 1.807) is 18.3 Å². The van der Waals surface area contributed by atoms with E-state index >= 15 is 0 Å². The molecule has 0 aliphatic carbocycles. The predicted molar refractivity (Wildman–Crippen MR) is 88.6 cm³/mol. The first kappa shape index (κ1) is 15.4. The fraction of sp³-hybridized carbons (Fsp3) is 0.250. The van der Waals surface area contributed by atoms with Crippen molar-refractivity contribution >= 4 is 22.9 Å². The molecular weight excluding hydrogens is 312 g/mol. The predicted octanol–water partition coefficient (Wildman–Crippen LogP) is 3.88. The Morgan fingerprint density at radius 1 is 1.35 bits per heavy atom. The summed E-state index contributed by atoms with van der Waals surface area (Å²) in [6, 6.07) is 5.30. The summed E-state index contributed by atoms with van der Waals surface area (Å²) in [6.07, 6.45) is 3.16. The number of amides is 1. The van der Waals surface area contributed by atoms with E-state index in [0.717, 1.165) is 15.4 Å². The molecule has 0 atom stereocenters. The maximum atomic E-state index is 12.2. The quantitative estimate of drug-likeness (QED) is 0.786. The highest BCUT2D eigenvalue weighted by Crippen LogP contribution is 2.34. The molecule has 3 aromatic rings. The van der Waals surface area contributed by atoms with E-state index in [0.29, 0.717) is 17.3 Å². The van der Waals surface area contributed by atoms with Gasteiger partial charge in [0.05, 0.1) is 16.1 Å². The number of anilines is 1. The number of hydrogen-bond donors (Lipinski definition) is 1. The Bertz CT molecular complexity index is 824. The number of hydrogen-bond acceptors (Lipinski definition) is 6. The van der Waals surface area contributed by atoms with Crippen LogP contribution in [0, 0.1) is 6.92 Å². The number of thiophene rings is 1. The van der Waals surface area contributed by atoms with E-state index in [1.165, 1.54) is 17.5 Å². The van der Waals surface area contributed by atoms with Crippen LogP contribution in [-0.4, -0.2) is 21.1 Å². The lowest BCUT2D eigenvalue weighted by atomic mass is 10.2. The fourth-order valence-corrected chi connectivity index (χ4v) is 2.87. The summed E-state index contributed by atoms with van der Waals surface area (Å²) in [7, 11) is 0. The summed E-state index contributed by atoms with van der Waals surface area (Å²) < 4.78 is 5.65. The van der Waals surface area contributed by atoms with Crippen LogP contribution in [0.3, 0.4) is 0 Å².